The topological polar surface area (TPSA) is 75.2 Å². The molecular weight excluding hydrogens is 391 g/mol. The number of rotatable bonds is 3. The zero-order valence-corrected chi connectivity index (χ0v) is 16.8. The predicted molar refractivity (Wildman–Crippen MR) is 112 cm³/mol. The number of benzene rings is 1. The maximum Gasteiger partial charge on any atom is 0.290 e. The molecule has 1 aromatic heterocycles. The fourth-order valence-corrected chi connectivity index (χ4v) is 4.21. The van der Waals surface area contributed by atoms with E-state index in [9.17, 15) is 14.0 Å². The lowest BCUT2D eigenvalue weighted by molar-refractivity contribution is -0.115. The third-order valence-electron chi connectivity index (χ3n) is 5.17. The Kier molecular flexibility index (Phi) is 5.62. The molecule has 2 aliphatic rings. The fraction of sp³-hybridized carbons (Fsp3) is 0.333. The summed E-state index contributed by atoms with van der Waals surface area (Å²) < 4.78 is 14.6. The standard InChI is InChI=1S/C21H21FN4O2S/c1-13-3-2-7-26(8-6-13)19-12-23-11-17(24-19)15-9-14(4-5-16(15)22)10-18-20(27)25-21(28)29-18/h4-5,9-13H,2-3,6-8H2,1H3,(H,25,27,28)/b18-10+. The van der Waals surface area contributed by atoms with E-state index in [0.717, 1.165) is 43.5 Å². The maximum atomic E-state index is 14.6. The summed E-state index contributed by atoms with van der Waals surface area (Å²) in [6.07, 6.45) is 8.23. The summed E-state index contributed by atoms with van der Waals surface area (Å²) in [5, 5.41) is 1.80. The van der Waals surface area contributed by atoms with Crippen molar-refractivity contribution in [1.29, 1.82) is 0 Å². The third kappa shape index (κ3) is 4.48. The van der Waals surface area contributed by atoms with Gasteiger partial charge in [0.25, 0.3) is 11.1 Å². The van der Waals surface area contributed by atoms with Crippen molar-refractivity contribution in [2.75, 3.05) is 18.0 Å². The minimum Gasteiger partial charge on any atom is -0.355 e. The first-order chi connectivity index (χ1) is 14.0. The van der Waals surface area contributed by atoms with Gasteiger partial charge in [-0.15, -0.1) is 0 Å². The molecule has 0 saturated carbocycles. The van der Waals surface area contributed by atoms with E-state index in [1.807, 2.05) is 0 Å². The highest BCUT2D eigenvalue weighted by Gasteiger charge is 2.25. The number of aromatic nitrogens is 2. The molecule has 0 bridgehead atoms. The second kappa shape index (κ2) is 8.32. The van der Waals surface area contributed by atoms with E-state index < -0.39 is 17.0 Å². The molecule has 29 heavy (non-hydrogen) atoms. The minimum absolute atomic E-state index is 0.283. The van der Waals surface area contributed by atoms with Crippen LogP contribution in [0.1, 0.15) is 31.7 Å². The van der Waals surface area contributed by atoms with E-state index in [1.165, 1.54) is 12.5 Å². The van der Waals surface area contributed by atoms with Crippen LogP contribution in [-0.2, 0) is 4.79 Å². The van der Waals surface area contributed by atoms with Crippen molar-refractivity contribution in [2.45, 2.75) is 26.2 Å². The molecular formula is C21H21FN4O2S. The summed E-state index contributed by atoms with van der Waals surface area (Å²) >= 11 is 0.831. The summed E-state index contributed by atoms with van der Waals surface area (Å²) in [5.74, 6) is 0.581. The Morgan fingerprint density at radius 2 is 2.10 bits per heavy atom. The third-order valence-corrected chi connectivity index (χ3v) is 5.98. The second-order valence-electron chi connectivity index (χ2n) is 7.38. The van der Waals surface area contributed by atoms with Crippen LogP contribution in [-0.4, -0.2) is 34.2 Å². The van der Waals surface area contributed by atoms with Crippen molar-refractivity contribution >= 4 is 34.8 Å². The number of nitrogens with one attached hydrogen (secondary N) is 1. The first-order valence-corrected chi connectivity index (χ1v) is 10.4. The molecule has 0 aliphatic carbocycles. The molecule has 0 spiro atoms. The van der Waals surface area contributed by atoms with Gasteiger partial charge in [-0.1, -0.05) is 13.0 Å². The molecule has 2 amide bonds. The highest BCUT2D eigenvalue weighted by Crippen LogP contribution is 2.29. The normalized spacial score (nSPS) is 21.4. The van der Waals surface area contributed by atoms with Crippen molar-refractivity contribution in [3.63, 3.8) is 0 Å². The molecule has 2 aromatic rings. The van der Waals surface area contributed by atoms with Gasteiger partial charge in [-0.3, -0.25) is 19.9 Å². The Bertz CT molecular complexity index is 994. The van der Waals surface area contributed by atoms with Crippen LogP contribution >= 0.6 is 11.8 Å². The molecule has 4 rings (SSSR count). The van der Waals surface area contributed by atoms with E-state index in [2.05, 4.69) is 27.1 Å². The van der Waals surface area contributed by atoms with Crippen LogP contribution in [0.3, 0.4) is 0 Å². The van der Waals surface area contributed by atoms with Gasteiger partial charge in [0.2, 0.25) is 0 Å². The second-order valence-corrected chi connectivity index (χ2v) is 8.39. The molecule has 2 fully saturated rings. The number of carbonyl (C=O) groups is 2. The average molecular weight is 412 g/mol. The molecule has 1 unspecified atom stereocenters. The molecule has 1 atom stereocenters. The lowest BCUT2D eigenvalue weighted by Crippen LogP contribution is -2.25. The Hall–Kier alpha value is -2.74. The van der Waals surface area contributed by atoms with Crippen LogP contribution in [0.15, 0.2) is 35.5 Å². The largest absolute Gasteiger partial charge is 0.355 e. The minimum atomic E-state index is -0.442. The number of imide groups is 1. The van der Waals surface area contributed by atoms with Gasteiger partial charge in [0, 0.05) is 18.7 Å². The first-order valence-electron chi connectivity index (χ1n) is 9.61. The molecule has 150 valence electrons. The van der Waals surface area contributed by atoms with E-state index in [1.54, 1.807) is 30.6 Å². The molecule has 6 nitrogen and oxygen atoms in total. The van der Waals surface area contributed by atoms with Gasteiger partial charge in [0.15, 0.2) is 0 Å². The quantitative estimate of drug-likeness (QED) is 0.761. The summed E-state index contributed by atoms with van der Waals surface area (Å²) in [7, 11) is 0. The van der Waals surface area contributed by atoms with Crippen LogP contribution in [0.5, 0.6) is 0 Å². The van der Waals surface area contributed by atoms with Crippen molar-refractivity contribution in [3.8, 4) is 11.3 Å². The molecule has 8 heteroatoms. The summed E-state index contributed by atoms with van der Waals surface area (Å²) in [5.41, 5.74) is 1.37. The number of nitrogens with zero attached hydrogens (tertiary/aromatic N) is 3. The molecule has 1 N–H and O–H groups in total. The predicted octanol–water partition coefficient (Wildman–Crippen LogP) is 4.23. The van der Waals surface area contributed by atoms with Crippen LogP contribution < -0.4 is 10.2 Å². The van der Waals surface area contributed by atoms with E-state index in [4.69, 9.17) is 0 Å². The van der Waals surface area contributed by atoms with Crippen molar-refractivity contribution in [1.82, 2.24) is 15.3 Å². The Labute approximate surface area is 172 Å². The Morgan fingerprint density at radius 1 is 1.24 bits per heavy atom. The zero-order chi connectivity index (χ0) is 20.4. The first kappa shape index (κ1) is 19.6. The van der Waals surface area contributed by atoms with Gasteiger partial charge in [-0.2, -0.15) is 0 Å². The smallest absolute Gasteiger partial charge is 0.290 e. The number of amides is 2. The van der Waals surface area contributed by atoms with E-state index >= 15 is 0 Å². The number of thioether (sulfide) groups is 1. The van der Waals surface area contributed by atoms with Crippen LogP contribution in [0, 0.1) is 11.7 Å². The number of carbonyl (C=O) groups excluding carboxylic acids is 2. The average Bonchev–Trinajstić information content (AvgIpc) is 2.89. The van der Waals surface area contributed by atoms with Crippen LogP contribution in [0.2, 0.25) is 0 Å². The molecule has 0 radical (unpaired) electrons. The van der Waals surface area contributed by atoms with Gasteiger partial charge in [0.1, 0.15) is 11.6 Å². The van der Waals surface area contributed by atoms with E-state index in [0.29, 0.717) is 22.7 Å². The highest BCUT2D eigenvalue weighted by molar-refractivity contribution is 8.18. The summed E-state index contributed by atoms with van der Waals surface area (Å²) in [6.45, 7) is 4.09. The van der Waals surface area contributed by atoms with Crippen molar-refractivity contribution in [3.05, 3.63) is 46.9 Å². The van der Waals surface area contributed by atoms with Gasteiger partial charge in [-0.05, 0) is 60.7 Å². The lowest BCUT2D eigenvalue weighted by atomic mass is 10.0. The number of hydrogen-bond acceptors (Lipinski definition) is 6. The van der Waals surface area contributed by atoms with Gasteiger partial charge in [0.05, 0.1) is 23.0 Å². The Morgan fingerprint density at radius 3 is 2.90 bits per heavy atom. The van der Waals surface area contributed by atoms with Crippen LogP contribution in [0.25, 0.3) is 17.3 Å². The van der Waals surface area contributed by atoms with Gasteiger partial charge in [-0.25, -0.2) is 9.37 Å². The summed E-state index contributed by atoms with van der Waals surface area (Å²) in [6, 6.07) is 4.52. The van der Waals surface area contributed by atoms with Crippen molar-refractivity contribution in [2.24, 2.45) is 5.92 Å². The monoisotopic (exact) mass is 412 g/mol. The van der Waals surface area contributed by atoms with Gasteiger partial charge >= 0.3 is 0 Å². The summed E-state index contributed by atoms with van der Waals surface area (Å²) in [4.78, 5) is 34.5. The zero-order valence-electron chi connectivity index (χ0n) is 16.0. The number of anilines is 1. The highest BCUT2D eigenvalue weighted by atomic mass is 32.2. The number of halogens is 1. The van der Waals surface area contributed by atoms with E-state index in [-0.39, 0.29) is 4.91 Å². The molecule has 3 heterocycles. The van der Waals surface area contributed by atoms with Crippen molar-refractivity contribution < 1.29 is 14.0 Å². The SMILES string of the molecule is CC1CCCN(c2cncc(-c3cc(/C=C4/SC(=O)NC4=O)ccc3F)n2)CC1. The molecule has 2 saturated heterocycles. The maximum absolute atomic E-state index is 14.6. The lowest BCUT2D eigenvalue weighted by Gasteiger charge is -2.21. The molecule has 1 aromatic carbocycles. The fourth-order valence-electron chi connectivity index (χ4n) is 3.53. The Balaban J connectivity index is 1.64. The molecule has 2 aliphatic heterocycles. The number of hydrogen-bond donors (Lipinski definition) is 1. The van der Waals surface area contributed by atoms with Gasteiger partial charge < -0.3 is 4.90 Å². The van der Waals surface area contributed by atoms with Crippen LogP contribution in [0.4, 0.5) is 15.0 Å².